The molecule has 14 heavy (non-hydrogen) atoms. The van der Waals surface area contributed by atoms with Gasteiger partial charge in [0, 0.05) is 6.42 Å². The lowest BCUT2D eigenvalue weighted by atomic mass is 10.1. The lowest BCUT2D eigenvalue weighted by Gasteiger charge is -2.00. The number of rotatable bonds is 8. The average Bonchev–Trinajstić information content (AvgIpc) is 2.16. The quantitative estimate of drug-likeness (QED) is 0.485. The van der Waals surface area contributed by atoms with Gasteiger partial charge in [-0.2, -0.15) is 0 Å². The summed E-state index contributed by atoms with van der Waals surface area (Å²) < 4.78 is 4.56. The highest BCUT2D eigenvalue weighted by molar-refractivity contribution is 5.68. The van der Waals surface area contributed by atoms with Crippen LogP contribution in [0.1, 0.15) is 58.3 Å². The second-order valence-corrected chi connectivity index (χ2v) is 3.45. The number of hydrogen-bond donors (Lipinski definition) is 1. The van der Waals surface area contributed by atoms with E-state index >= 15 is 0 Å². The van der Waals surface area contributed by atoms with Gasteiger partial charge in [0.15, 0.2) is 0 Å². The number of esters is 1. The van der Waals surface area contributed by atoms with Crippen LogP contribution < -0.4 is 6.15 Å². The Balaban J connectivity index is 0. The van der Waals surface area contributed by atoms with Gasteiger partial charge in [-0.05, 0) is 6.42 Å². The zero-order valence-electron chi connectivity index (χ0n) is 9.68. The van der Waals surface area contributed by atoms with Crippen molar-refractivity contribution in [2.45, 2.75) is 58.3 Å². The van der Waals surface area contributed by atoms with Gasteiger partial charge in [0.25, 0.3) is 0 Å². The molecular formula is C11H25NO2. The molecular weight excluding hydrogens is 178 g/mol. The Hall–Kier alpha value is -0.570. The Kier molecular flexibility index (Phi) is 14.1. The van der Waals surface area contributed by atoms with Crippen molar-refractivity contribution < 1.29 is 9.53 Å². The van der Waals surface area contributed by atoms with Crippen molar-refractivity contribution in [2.75, 3.05) is 7.11 Å². The van der Waals surface area contributed by atoms with Crippen molar-refractivity contribution in [2.24, 2.45) is 0 Å². The number of ether oxygens (including phenoxy) is 1. The van der Waals surface area contributed by atoms with Crippen molar-refractivity contribution in [3.8, 4) is 0 Å². The summed E-state index contributed by atoms with van der Waals surface area (Å²) in [4.78, 5) is 10.7. The van der Waals surface area contributed by atoms with E-state index in [0.717, 1.165) is 6.42 Å². The highest BCUT2D eigenvalue weighted by Crippen LogP contribution is 2.08. The Morgan fingerprint density at radius 1 is 1.00 bits per heavy atom. The van der Waals surface area contributed by atoms with E-state index in [0.29, 0.717) is 6.42 Å². The summed E-state index contributed by atoms with van der Waals surface area (Å²) in [5.74, 6) is -0.0754. The first-order valence-electron chi connectivity index (χ1n) is 5.38. The molecule has 0 radical (unpaired) electrons. The molecule has 0 rings (SSSR count). The van der Waals surface area contributed by atoms with Gasteiger partial charge in [-0.1, -0.05) is 45.4 Å². The smallest absolute Gasteiger partial charge is 0.305 e. The summed E-state index contributed by atoms with van der Waals surface area (Å²) in [6.45, 7) is 2.22. The van der Waals surface area contributed by atoms with Gasteiger partial charge in [0.2, 0.25) is 0 Å². The number of unbranched alkanes of at least 4 members (excludes halogenated alkanes) is 6. The van der Waals surface area contributed by atoms with E-state index in [2.05, 4.69) is 11.7 Å². The first kappa shape index (κ1) is 15.9. The van der Waals surface area contributed by atoms with E-state index in [4.69, 9.17) is 0 Å². The van der Waals surface area contributed by atoms with E-state index in [1.54, 1.807) is 0 Å². The Labute approximate surface area is 87.8 Å². The zero-order valence-corrected chi connectivity index (χ0v) is 9.68. The molecule has 0 amide bonds. The summed E-state index contributed by atoms with van der Waals surface area (Å²) in [5, 5.41) is 0. The van der Waals surface area contributed by atoms with Crippen LogP contribution in [0.4, 0.5) is 0 Å². The van der Waals surface area contributed by atoms with Crippen molar-refractivity contribution in [1.82, 2.24) is 6.15 Å². The Morgan fingerprint density at radius 3 is 2.00 bits per heavy atom. The molecule has 0 saturated carbocycles. The molecule has 0 aromatic rings. The van der Waals surface area contributed by atoms with Crippen molar-refractivity contribution in [1.29, 1.82) is 0 Å². The molecule has 3 N–H and O–H groups in total. The molecule has 0 unspecified atom stereocenters. The largest absolute Gasteiger partial charge is 0.469 e. The third-order valence-electron chi connectivity index (χ3n) is 2.21. The predicted molar refractivity (Wildman–Crippen MR) is 59.6 cm³/mol. The minimum absolute atomic E-state index is 0. The van der Waals surface area contributed by atoms with Crippen LogP contribution in [0, 0.1) is 0 Å². The minimum atomic E-state index is -0.0754. The monoisotopic (exact) mass is 203 g/mol. The third kappa shape index (κ3) is 11.4. The van der Waals surface area contributed by atoms with Gasteiger partial charge in [-0.25, -0.2) is 0 Å². The highest BCUT2D eigenvalue weighted by Gasteiger charge is 1.98. The van der Waals surface area contributed by atoms with Gasteiger partial charge in [-0.3, -0.25) is 4.79 Å². The third-order valence-corrected chi connectivity index (χ3v) is 2.21. The van der Waals surface area contributed by atoms with Gasteiger partial charge in [0.1, 0.15) is 0 Å². The number of carbonyl (C=O) groups excluding carboxylic acids is 1. The molecule has 0 aliphatic rings. The highest BCUT2D eigenvalue weighted by atomic mass is 16.5. The molecule has 0 aromatic carbocycles. The molecule has 0 atom stereocenters. The molecule has 3 nitrogen and oxygen atoms in total. The number of carbonyl (C=O) groups is 1. The van der Waals surface area contributed by atoms with Crippen LogP contribution in [0.15, 0.2) is 0 Å². The summed E-state index contributed by atoms with van der Waals surface area (Å²) in [6, 6.07) is 0. The van der Waals surface area contributed by atoms with Crippen molar-refractivity contribution in [3.05, 3.63) is 0 Å². The molecule has 0 aromatic heterocycles. The summed E-state index contributed by atoms with van der Waals surface area (Å²) in [7, 11) is 1.45. The molecule has 86 valence electrons. The van der Waals surface area contributed by atoms with Crippen molar-refractivity contribution >= 4 is 5.97 Å². The van der Waals surface area contributed by atoms with E-state index < -0.39 is 0 Å². The fraction of sp³-hybridized carbons (Fsp3) is 0.909. The maximum absolute atomic E-state index is 10.7. The second-order valence-electron chi connectivity index (χ2n) is 3.45. The molecule has 0 heterocycles. The lowest BCUT2D eigenvalue weighted by Crippen LogP contribution is -1.99. The minimum Gasteiger partial charge on any atom is -0.469 e. The molecule has 0 fully saturated rings. The number of hydrogen-bond acceptors (Lipinski definition) is 3. The van der Waals surface area contributed by atoms with Crippen LogP contribution in [-0.4, -0.2) is 13.1 Å². The van der Waals surface area contributed by atoms with Gasteiger partial charge < -0.3 is 10.9 Å². The zero-order chi connectivity index (χ0) is 9.94. The van der Waals surface area contributed by atoms with Crippen LogP contribution >= 0.6 is 0 Å². The summed E-state index contributed by atoms with van der Waals surface area (Å²) >= 11 is 0. The molecule has 3 heteroatoms. The molecule has 0 bridgehead atoms. The fourth-order valence-electron chi connectivity index (χ4n) is 1.33. The fourth-order valence-corrected chi connectivity index (χ4v) is 1.33. The average molecular weight is 203 g/mol. The Bertz CT molecular complexity index is 126. The van der Waals surface area contributed by atoms with Crippen LogP contribution in [0.3, 0.4) is 0 Å². The predicted octanol–water partition coefficient (Wildman–Crippen LogP) is 3.46. The Morgan fingerprint density at radius 2 is 1.50 bits per heavy atom. The maximum Gasteiger partial charge on any atom is 0.305 e. The van der Waals surface area contributed by atoms with E-state index in [-0.39, 0.29) is 12.1 Å². The van der Waals surface area contributed by atoms with Crippen LogP contribution in [0.2, 0.25) is 0 Å². The summed E-state index contributed by atoms with van der Waals surface area (Å²) in [6.07, 6.45) is 9.29. The van der Waals surface area contributed by atoms with Crippen LogP contribution in [0.5, 0.6) is 0 Å². The van der Waals surface area contributed by atoms with E-state index in [1.165, 1.54) is 45.6 Å². The van der Waals surface area contributed by atoms with E-state index in [1.807, 2.05) is 0 Å². The lowest BCUT2D eigenvalue weighted by molar-refractivity contribution is -0.140. The van der Waals surface area contributed by atoms with Gasteiger partial charge in [0.05, 0.1) is 7.11 Å². The summed E-state index contributed by atoms with van der Waals surface area (Å²) in [5.41, 5.74) is 0. The SMILES string of the molecule is CCCCCCCCCC(=O)OC.N. The maximum atomic E-state index is 10.7. The first-order chi connectivity index (χ1) is 6.31. The van der Waals surface area contributed by atoms with Crippen LogP contribution in [0.25, 0.3) is 0 Å². The molecule has 0 saturated heterocycles. The normalized spacial score (nSPS) is 9.29. The van der Waals surface area contributed by atoms with Crippen LogP contribution in [-0.2, 0) is 9.53 Å². The molecule has 0 aliphatic carbocycles. The number of methoxy groups -OCH3 is 1. The van der Waals surface area contributed by atoms with Crippen molar-refractivity contribution in [3.63, 3.8) is 0 Å². The molecule has 0 aliphatic heterocycles. The van der Waals surface area contributed by atoms with E-state index in [9.17, 15) is 4.79 Å². The van der Waals surface area contributed by atoms with Gasteiger partial charge >= 0.3 is 5.97 Å². The topological polar surface area (TPSA) is 61.3 Å². The second kappa shape index (κ2) is 12.4. The standard InChI is InChI=1S/C11H22O2.H3N/c1-3-4-5-6-7-8-9-10-11(12)13-2;/h3-10H2,1-2H3;1H3. The molecule has 0 spiro atoms. The van der Waals surface area contributed by atoms with Gasteiger partial charge in [-0.15, -0.1) is 0 Å². The first-order valence-corrected chi connectivity index (χ1v) is 5.38.